The van der Waals surface area contributed by atoms with Crippen LogP contribution < -0.4 is 0 Å². The fourth-order valence-electron chi connectivity index (χ4n) is 0.517. The summed E-state index contributed by atoms with van der Waals surface area (Å²) in [5.41, 5.74) is 0. The standard InChI is InChI=1S/C6H6O2.C2H6O/c1-5-2-3-6(4-7)8-5;1-2-3/h2-4H,1H3;3H,2H2,1H3. The van der Waals surface area contributed by atoms with Crippen molar-refractivity contribution in [2.75, 3.05) is 6.61 Å². The summed E-state index contributed by atoms with van der Waals surface area (Å²) in [5, 5.41) is 7.57. The van der Waals surface area contributed by atoms with E-state index < -0.39 is 0 Å². The third-order valence-electron chi connectivity index (χ3n) is 0.877. The van der Waals surface area contributed by atoms with Crippen LogP contribution in [-0.4, -0.2) is 18.0 Å². The van der Waals surface area contributed by atoms with Gasteiger partial charge in [-0.05, 0) is 26.0 Å². The Morgan fingerprint density at radius 2 is 2.18 bits per heavy atom. The first-order valence-corrected chi connectivity index (χ1v) is 3.37. The second-order valence-corrected chi connectivity index (χ2v) is 1.88. The zero-order valence-electron chi connectivity index (χ0n) is 6.70. The van der Waals surface area contributed by atoms with Crippen LogP contribution in [0.4, 0.5) is 0 Å². The summed E-state index contributed by atoms with van der Waals surface area (Å²) in [6, 6.07) is 3.39. The van der Waals surface area contributed by atoms with E-state index >= 15 is 0 Å². The Morgan fingerprint density at radius 1 is 1.64 bits per heavy atom. The first-order chi connectivity index (χ1) is 5.24. The Kier molecular flexibility index (Phi) is 5.11. The Bertz CT molecular complexity index is 203. The molecule has 0 spiro atoms. The molecule has 0 atom stereocenters. The van der Waals surface area contributed by atoms with Gasteiger partial charge >= 0.3 is 0 Å². The molecule has 0 aliphatic carbocycles. The summed E-state index contributed by atoms with van der Waals surface area (Å²) in [4.78, 5) is 9.93. The van der Waals surface area contributed by atoms with E-state index in [0.29, 0.717) is 12.0 Å². The number of aldehydes is 1. The Hall–Kier alpha value is -1.09. The SMILES string of the molecule is CCO.Cc1ccc(C=O)o1. The summed E-state index contributed by atoms with van der Waals surface area (Å²) in [6.45, 7) is 3.73. The summed E-state index contributed by atoms with van der Waals surface area (Å²) in [5.74, 6) is 1.16. The van der Waals surface area contributed by atoms with E-state index in [2.05, 4.69) is 0 Å². The van der Waals surface area contributed by atoms with Crippen molar-refractivity contribution in [2.45, 2.75) is 13.8 Å². The first-order valence-electron chi connectivity index (χ1n) is 3.37. The highest BCUT2D eigenvalue weighted by atomic mass is 16.3. The van der Waals surface area contributed by atoms with Crippen molar-refractivity contribution >= 4 is 6.29 Å². The molecule has 0 bridgehead atoms. The predicted molar refractivity (Wildman–Crippen MR) is 41.6 cm³/mol. The number of carbonyl (C=O) groups is 1. The van der Waals surface area contributed by atoms with Gasteiger partial charge in [0.15, 0.2) is 12.0 Å². The van der Waals surface area contributed by atoms with Crippen LogP contribution in [0.5, 0.6) is 0 Å². The Morgan fingerprint density at radius 3 is 2.36 bits per heavy atom. The molecular formula is C8H12O3. The van der Waals surface area contributed by atoms with Gasteiger partial charge in [0.1, 0.15) is 5.76 Å². The smallest absolute Gasteiger partial charge is 0.185 e. The zero-order valence-corrected chi connectivity index (χ0v) is 6.70. The summed E-state index contributed by atoms with van der Waals surface area (Å²) >= 11 is 0. The number of aliphatic hydroxyl groups is 1. The topological polar surface area (TPSA) is 50.4 Å². The van der Waals surface area contributed by atoms with E-state index in [0.717, 1.165) is 5.76 Å². The van der Waals surface area contributed by atoms with E-state index in [4.69, 9.17) is 9.52 Å². The average molecular weight is 156 g/mol. The lowest BCUT2D eigenvalue weighted by atomic mass is 10.5. The molecule has 0 amide bonds. The molecule has 0 saturated heterocycles. The van der Waals surface area contributed by atoms with E-state index in [1.54, 1.807) is 26.0 Å². The highest BCUT2D eigenvalue weighted by Gasteiger charge is 1.91. The maximum atomic E-state index is 9.93. The molecule has 1 N–H and O–H groups in total. The fraction of sp³-hybridized carbons (Fsp3) is 0.375. The van der Waals surface area contributed by atoms with Crippen LogP contribution in [0, 0.1) is 6.92 Å². The monoisotopic (exact) mass is 156 g/mol. The molecule has 11 heavy (non-hydrogen) atoms. The van der Waals surface area contributed by atoms with Gasteiger partial charge in [-0.25, -0.2) is 0 Å². The van der Waals surface area contributed by atoms with Crippen LogP contribution in [0.3, 0.4) is 0 Å². The lowest BCUT2D eigenvalue weighted by molar-refractivity contribution is 0.109. The molecule has 1 rings (SSSR count). The number of furan rings is 1. The minimum Gasteiger partial charge on any atom is -0.459 e. The molecule has 1 heterocycles. The van der Waals surface area contributed by atoms with Crippen molar-refractivity contribution in [3.63, 3.8) is 0 Å². The average Bonchev–Trinajstić information content (AvgIpc) is 2.37. The highest BCUT2D eigenvalue weighted by Crippen LogP contribution is 2.01. The van der Waals surface area contributed by atoms with Gasteiger partial charge in [-0.2, -0.15) is 0 Å². The van der Waals surface area contributed by atoms with Gasteiger partial charge in [0.05, 0.1) is 0 Å². The van der Waals surface area contributed by atoms with Gasteiger partial charge in [0.2, 0.25) is 0 Å². The van der Waals surface area contributed by atoms with Gasteiger partial charge in [0.25, 0.3) is 0 Å². The molecule has 0 aromatic carbocycles. The molecule has 0 radical (unpaired) electrons. The normalized spacial score (nSPS) is 8.27. The van der Waals surface area contributed by atoms with E-state index in [9.17, 15) is 4.79 Å². The number of aliphatic hydroxyl groups excluding tert-OH is 1. The van der Waals surface area contributed by atoms with Crippen molar-refractivity contribution in [3.05, 3.63) is 23.7 Å². The van der Waals surface area contributed by atoms with Crippen LogP contribution in [0.2, 0.25) is 0 Å². The quantitative estimate of drug-likeness (QED) is 0.625. The molecule has 1 aromatic rings. The molecule has 3 heteroatoms. The molecule has 0 saturated carbocycles. The number of hydrogen-bond acceptors (Lipinski definition) is 3. The summed E-state index contributed by atoms with van der Waals surface area (Å²) in [7, 11) is 0. The molecule has 3 nitrogen and oxygen atoms in total. The lowest BCUT2D eigenvalue weighted by Gasteiger charge is -1.75. The Balaban J connectivity index is 0.000000292. The first kappa shape index (κ1) is 9.91. The summed E-state index contributed by atoms with van der Waals surface area (Å²) < 4.78 is 4.86. The number of rotatable bonds is 1. The van der Waals surface area contributed by atoms with Crippen LogP contribution >= 0.6 is 0 Å². The predicted octanol–water partition coefficient (Wildman–Crippen LogP) is 1.40. The van der Waals surface area contributed by atoms with E-state index in [-0.39, 0.29) is 6.61 Å². The fourth-order valence-corrected chi connectivity index (χ4v) is 0.517. The third kappa shape index (κ3) is 4.33. The second-order valence-electron chi connectivity index (χ2n) is 1.88. The molecule has 0 unspecified atom stereocenters. The van der Waals surface area contributed by atoms with Gasteiger partial charge < -0.3 is 9.52 Å². The van der Waals surface area contributed by atoms with Crippen LogP contribution in [0.1, 0.15) is 23.2 Å². The third-order valence-corrected chi connectivity index (χ3v) is 0.877. The number of carbonyl (C=O) groups excluding carboxylic acids is 1. The molecule has 0 fully saturated rings. The molecule has 62 valence electrons. The molecule has 1 aromatic heterocycles. The second kappa shape index (κ2) is 5.68. The minimum absolute atomic E-state index is 0.250. The Labute approximate surface area is 65.6 Å². The lowest BCUT2D eigenvalue weighted by Crippen LogP contribution is -1.66. The highest BCUT2D eigenvalue weighted by molar-refractivity contribution is 5.70. The van der Waals surface area contributed by atoms with Crippen molar-refractivity contribution in [3.8, 4) is 0 Å². The van der Waals surface area contributed by atoms with Crippen molar-refractivity contribution in [2.24, 2.45) is 0 Å². The maximum absolute atomic E-state index is 9.93. The van der Waals surface area contributed by atoms with Gasteiger partial charge in [-0.15, -0.1) is 0 Å². The number of hydrogen-bond donors (Lipinski definition) is 1. The molecule has 0 aliphatic heterocycles. The van der Waals surface area contributed by atoms with E-state index in [1.165, 1.54) is 0 Å². The summed E-state index contributed by atoms with van der Waals surface area (Å²) in [6.07, 6.45) is 0.688. The van der Waals surface area contributed by atoms with Crippen LogP contribution in [-0.2, 0) is 0 Å². The van der Waals surface area contributed by atoms with Crippen LogP contribution in [0.25, 0.3) is 0 Å². The maximum Gasteiger partial charge on any atom is 0.185 e. The number of aryl methyl sites for hydroxylation is 1. The van der Waals surface area contributed by atoms with Gasteiger partial charge in [0, 0.05) is 6.61 Å². The zero-order chi connectivity index (χ0) is 8.69. The molecule has 0 aliphatic rings. The van der Waals surface area contributed by atoms with E-state index in [1.807, 2.05) is 0 Å². The van der Waals surface area contributed by atoms with Crippen molar-refractivity contribution in [1.82, 2.24) is 0 Å². The van der Waals surface area contributed by atoms with Crippen molar-refractivity contribution < 1.29 is 14.3 Å². The largest absolute Gasteiger partial charge is 0.459 e. The van der Waals surface area contributed by atoms with Gasteiger partial charge in [-0.3, -0.25) is 4.79 Å². The van der Waals surface area contributed by atoms with Crippen molar-refractivity contribution in [1.29, 1.82) is 0 Å². The molecular weight excluding hydrogens is 144 g/mol. The minimum atomic E-state index is 0.250. The van der Waals surface area contributed by atoms with Crippen LogP contribution in [0.15, 0.2) is 16.5 Å². The van der Waals surface area contributed by atoms with Gasteiger partial charge in [-0.1, -0.05) is 0 Å².